The van der Waals surface area contributed by atoms with E-state index in [0.29, 0.717) is 22.1 Å². The highest BCUT2D eigenvalue weighted by atomic mass is 35.5. The number of anilines is 1. The number of ether oxygens (including phenoxy) is 1. The van der Waals surface area contributed by atoms with Crippen LogP contribution in [0.4, 0.5) is 5.82 Å². The van der Waals surface area contributed by atoms with E-state index in [1.807, 2.05) is 6.07 Å². The molecule has 0 bridgehead atoms. The number of likely N-dealkylation sites (N-methyl/N-ethyl adjacent to an activating group) is 1. The number of aliphatic hydroxyl groups is 1. The molecule has 0 aliphatic rings. The summed E-state index contributed by atoms with van der Waals surface area (Å²) >= 11 is 12.0. The zero-order chi connectivity index (χ0) is 17.1. The van der Waals surface area contributed by atoms with Gasteiger partial charge in [0.15, 0.2) is 11.5 Å². The van der Waals surface area contributed by atoms with Crippen molar-refractivity contribution in [2.24, 2.45) is 7.05 Å². The quantitative estimate of drug-likeness (QED) is 0.517. The summed E-state index contributed by atoms with van der Waals surface area (Å²) in [5.74, 6) is -0.212. The lowest BCUT2D eigenvalue weighted by atomic mass is 10.1. The van der Waals surface area contributed by atoms with Crippen molar-refractivity contribution in [1.82, 2.24) is 9.78 Å². The number of benzene rings is 1. The number of carbonyl (C=O) groups excluding carboxylic acids is 1. The number of methoxy groups -OCH3 is 1. The van der Waals surface area contributed by atoms with Crippen molar-refractivity contribution in [3.63, 3.8) is 0 Å². The maximum Gasteiger partial charge on any atom is 0.357 e. The van der Waals surface area contributed by atoms with E-state index in [1.165, 1.54) is 12.0 Å². The number of hydrogen-bond acceptors (Lipinski definition) is 5. The number of esters is 1. The van der Waals surface area contributed by atoms with E-state index in [4.69, 9.17) is 23.2 Å². The average molecular weight is 356 g/mol. The van der Waals surface area contributed by atoms with Crippen molar-refractivity contribution in [2.45, 2.75) is 0 Å². The Morgan fingerprint density at radius 3 is 2.61 bits per heavy atom. The van der Waals surface area contributed by atoms with Crippen molar-refractivity contribution in [3.05, 3.63) is 46.3 Å². The highest BCUT2D eigenvalue weighted by Crippen LogP contribution is 2.30. The van der Waals surface area contributed by atoms with Gasteiger partial charge in [-0.1, -0.05) is 29.3 Å². The third kappa shape index (κ3) is 3.43. The van der Waals surface area contributed by atoms with Gasteiger partial charge < -0.3 is 14.7 Å². The Labute approximate surface area is 143 Å². The number of nitrogens with zero attached hydrogens (tertiary/aromatic N) is 3. The molecule has 1 heterocycles. The lowest BCUT2D eigenvalue weighted by Crippen LogP contribution is -2.24. The molecule has 2 rings (SSSR count). The molecule has 1 aromatic carbocycles. The Morgan fingerprint density at radius 2 is 2.04 bits per heavy atom. The first-order valence-electron chi connectivity index (χ1n) is 6.55. The summed E-state index contributed by atoms with van der Waals surface area (Å²) in [7, 11) is 4.59. The van der Waals surface area contributed by atoms with Crippen LogP contribution < -0.4 is 4.90 Å². The van der Waals surface area contributed by atoms with Gasteiger partial charge in [0.1, 0.15) is 6.26 Å². The fraction of sp³-hybridized carbons (Fsp3) is 0.200. The van der Waals surface area contributed by atoms with Crippen LogP contribution in [0.5, 0.6) is 0 Å². The molecule has 0 radical (unpaired) electrons. The predicted molar refractivity (Wildman–Crippen MR) is 89.8 cm³/mol. The second-order valence-corrected chi connectivity index (χ2v) is 5.52. The molecule has 122 valence electrons. The molecular weight excluding hydrogens is 341 g/mol. The summed E-state index contributed by atoms with van der Waals surface area (Å²) in [6.45, 7) is 0. The fourth-order valence-corrected chi connectivity index (χ4v) is 2.34. The fourth-order valence-electron chi connectivity index (χ4n) is 2.05. The molecule has 0 saturated carbocycles. The van der Waals surface area contributed by atoms with Crippen molar-refractivity contribution < 1.29 is 14.6 Å². The molecule has 0 aliphatic heterocycles. The molecule has 0 atom stereocenters. The molecule has 1 aromatic heterocycles. The number of carbonyl (C=O) groups is 1. The van der Waals surface area contributed by atoms with E-state index >= 15 is 0 Å². The van der Waals surface area contributed by atoms with Crippen LogP contribution in [0.2, 0.25) is 10.0 Å². The van der Waals surface area contributed by atoms with Gasteiger partial charge in [0.25, 0.3) is 0 Å². The van der Waals surface area contributed by atoms with Crippen LogP contribution in [0.25, 0.3) is 11.3 Å². The molecule has 6 nitrogen and oxygen atoms in total. The molecule has 0 aliphatic carbocycles. The van der Waals surface area contributed by atoms with Gasteiger partial charge in [-0.2, -0.15) is 5.10 Å². The van der Waals surface area contributed by atoms with E-state index in [-0.39, 0.29) is 5.70 Å². The molecule has 8 heteroatoms. The maximum atomic E-state index is 11.6. The van der Waals surface area contributed by atoms with Crippen LogP contribution in [-0.2, 0) is 16.6 Å². The van der Waals surface area contributed by atoms with E-state index in [0.717, 1.165) is 11.3 Å². The number of halogens is 2. The van der Waals surface area contributed by atoms with Crippen LogP contribution >= 0.6 is 23.2 Å². The van der Waals surface area contributed by atoms with Crippen LogP contribution in [0, 0.1) is 0 Å². The second kappa shape index (κ2) is 6.93. The normalized spacial score (nSPS) is 11.4. The minimum Gasteiger partial charge on any atom is -0.513 e. The molecule has 0 spiro atoms. The van der Waals surface area contributed by atoms with Gasteiger partial charge in [-0.25, -0.2) is 4.79 Å². The number of aliphatic hydroxyl groups excluding tert-OH is 1. The largest absolute Gasteiger partial charge is 0.513 e. The third-order valence-corrected chi connectivity index (χ3v) is 4.04. The highest BCUT2D eigenvalue weighted by Gasteiger charge is 2.20. The van der Waals surface area contributed by atoms with Gasteiger partial charge >= 0.3 is 5.97 Å². The first-order chi connectivity index (χ1) is 10.9. The van der Waals surface area contributed by atoms with Gasteiger partial charge in [-0.15, -0.1) is 0 Å². The summed E-state index contributed by atoms with van der Waals surface area (Å²) in [5.41, 5.74) is 1.56. The SMILES string of the molecule is COC(=O)C(=CO)N(C)c1cc(-c2ccc(Cl)c(Cl)c2)n(C)n1. The third-order valence-electron chi connectivity index (χ3n) is 3.30. The van der Waals surface area contributed by atoms with Crippen molar-refractivity contribution in [2.75, 3.05) is 19.1 Å². The molecule has 23 heavy (non-hydrogen) atoms. The number of rotatable bonds is 4. The maximum absolute atomic E-state index is 11.6. The first kappa shape index (κ1) is 17.2. The summed E-state index contributed by atoms with van der Waals surface area (Å²) in [6, 6.07) is 7.00. The average Bonchev–Trinajstić information content (AvgIpc) is 2.92. The second-order valence-electron chi connectivity index (χ2n) is 4.71. The van der Waals surface area contributed by atoms with Crippen LogP contribution in [0.15, 0.2) is 36.2 Å². The summed E-state index contributed by atoms with van der Waals surface area (Å²) < 4.78 is 6.26. The van der Waals surface area contributed by atoms with E-state index in [2.05, 4.69) is 9.84 Å². The monoisotopic (exact) mass is 355 g/mol. The zero-order valence-corrected chi connectivity index (χ0v) is 14.3. The van der Waals surface area contributed by atoms with Gasteiger partial charge in [0, 0.05) is 25.7 Å². The Morgan fingerprint density at radius 1 is 1.35 bits per heavy atom. The summed E-state index contributed by atoms with van der Waals surface area (Å²) in [6.07, 6.45) is 0.680. The van der Waals surface area contributed by atoms with Crippen molar-refractivity contribution in [3.8, 4) is 11.3 Å². The molecule has 1 N–H and O–H groups in total. The predicted octanol–water partition coefficient (Wildman–Crippen LogP) is 3.40. The molecule has 0 fully saturated rings. The summed E-state index contributed by atoms with van der Waals surface area (Å²) in [4.78, 5) is 13.1. The Kier molecular flexibility index (Phi) is 5.18. The van der Waals surface area contributed by atoms with Crippen LogP contribution in [-0.4, -0.2) is 35.0 Å². The van der Waals surface area contributed by atoms with Crippen molar-refractivity contribution >= 4 is 35.0 Å². The Bertz CT molecular complexity index is 771. The Hall–Kier alpha value is -2.18. The highest BCUT2D eigenvalue weighted by molar-refractivity contribution is 6.42. The van der Waals surface area contributed by atoms with E-state index < -0.39 is 5.97 Å². The minimum absolute atomic E-state index is 0.0358. The number of aryl methyl sites for hydroxylation is 1. The van der Waals surface area contributed by atoms with Gasteiger partial charge in [-0.3, -0.25) is 4.68 Å². The van der Waals surface area contributed by atoms with Gasteiger partial charge in [0.2, 0.25) is 0 Å². The van der Waals surface area contributed by atoms with Gasteiger partial charge in [0.05, 0.1) is 22.8 Å². The summed E-state index contributed by atoms with van der Waals surface area (Å²) in [5, 5.41) is 14.5. The van der Waals surface area contributed by atoms with Gasteiger partial charge in [-0.05, 0) is 12.1 Å². The number of aromatic nitrogens is 2. The van der Waals surface area contributed by atoms with Crippen LogP contribution in [0.1, 0.15) is 0 Å². The topological polar surface area (TPSA) is 67.6 Å². The molecule has 0 unspecified atom stereocenters. The zero-order valence-electron chi connectivity index (χ0n) is 12.7. The molecule has 2 aromatic rings. The van der Waals surface area contributed by atoms with Crippen molar-refractivity contribution in [1.29, 1.82) is 0 Å². The first-order valence-corrected chi connectivity index (χ1v) is 7.30. The smallest absolute Gasteiger partial charge is 0.357 e. The molecular formula is C15H15Cl2N3O3. The molecule has 0 saturated heterocycles. The Balaban J connectivity index is 2.41. The lowest BCUT2D eigenvalue weighted by molar-refractivity contribution is -0.136. The standard InChI is InChI=1S/C15H15Cl2N3O3/c1-19(13(8-21)15(22)23-3)14-7-12(20(2)18-14)9-4-5-10(16)11(17)6-9/h4-8,21H,1-3H3. The number of hydrogen-bond donors (Lipinski definition) is 1. The van der Waals surface area contributed by atoms with Crippen LogP contribution in [0.3, 0.4) is 0 Å². The lowest BCUT2D eigenvalue weighted by Gasteiger charge is -2.16. The van der Waals surface area contributed by atoms with E-state index in [9.17, 15) is 9.90 Å². The van der Waals surface area contributed by atoms with E-state index in [1.54, 1.807) is 37.0 Å². The molecule has 0 amide bonds. The minimum atomic E-state index is -0.670.